The van der Waals surface area contributed by atoms with Crippen molar-refractivity contribution in [2.75, 3.05) is 19.8 Å². The van der Waals surface area contributed by atoms with E-state index in [4.69, 9.17) is 14.2 Å². The molecule has 2 aromatic carbocycles. The number of esters is 1. The Bertz CT molecular complexity index is 1080. The number of ketones is 1. The molecule has 0 bridgehead atoms. The van der Waals surface area contributed by atoms with Gasteiger partial charge in [-0.3, -0.25) is 4.79 Å². The largest absolute Gasteiger partial charge is 0.486 e. The van der Waals surface area contributed by atoms with Gasteiger partial charge in [0.1, 0.15) is 13.2 Å². The lowest BCUT2D eigenvalue weighted by Gasteiger charge is -2.18. The van der Waals surface area contributed by atoms with Crippen molar-refractivity contribution in [3.05, 3.63) is 82.7 Å². The van der Waals surface area contributed by atoms with Crippen LogP contribution in [0.2, 0.25) is 0 Å². The molecule has 0 unspecified atom stereocenters. The summed E-state index contributed by atoms with van der Waals surface area (Å²) < 4.78 is 18.3. The Morgan fingerprint density at radius 1 is 0.967 bits per heavy atom. The standard InChI is InChI=1S/C24H23NO5/c1-16-12-20(17(2)25(16)14-18-6-4-3-5-7-18)21(26)15-30-24(27)19-8-9-22-23(13-19)29-11-10-28-22/h3-9,12-13H,10-11,14-15H2,1-2H3. The second-order valence-corrected chi connectivity index (χ2v) is 7.21. The van der Waals surface area contributed by atoms with Crippen molar-refractivity contribution in [3.63, 3.8) is 0 Å². The number of carbonyl (C=O) groups is 2. The van der Waals surface area contributed by atoms with Crippen molar-refractivity contribution in [1.29, 1.82) is 0 Å². The van der Waals surface area contributed by atoms with Gasteiger partial charge in [0, 0.05) is 23.5 Å². The molecular formula is C24H23NO5. The van der Waals surface area contributed by atoms with Crippen molar-refractivity contribution < 1.29 is 23.8 Å². The zero-order valence-electron chi connectivity index (χ0n) is 17.0. The van der Waals surface area contributed by atoms with Crippen LogP contribution >= 0.6 is 0 Å². The molecular weight excluding hydrogens is 382 g/mol. The molecule has 3 aromatic rings. The zero-order valence-corrected chi connectivity index (χ0v) is 17.0. The summed E-state index contributed by atoms with van der Waals surface area (Å²) in [6.07, 6.45) is 0. The van der Waals surface area contributed by atoms with Gasteiger partial charge in [-0.15, -0.1) is 0 Å². The Balaban J connectivity index is 1.43. The first-order valence-electron chi connectivity index (χ1n) is 9.83. The molecule has 0 N–H and O–H groups in total. The minimum atomic E-state index is -0.571. The number of Topliss-reactive ketones (excluding diaryl/α,β-unsaturated/α-hetero) is 1. The van der Waals surface area contributed by atoms with Gasteiger partial charge in [-0.25, -0.2) is 4.79 Å². The number of carbonyl (C=O) groups excluding carboxylic acids is 2. The fraction of sp³-hybridized carbons (Fsp3) is 0.250. The lowest BCUT2D eigenvalue weighted by Crippen LogP contribution is -2.17. The number of rotatable bonds is 6. The van der Waals surface area contributed by atoms with E-state index in [0.29, 0.717) is 42.4 Å². The van der Waals surface area contributed by atoms with Gasteiger partial charge in [-0.1, -0.05) is 30.3 Å². The van der Waals surface area contributed by atoms with Crippen LogP contribution in [0.25, 0.3) is 0 Å². The molecule has 0 saturated heterocycles. The van der Waals surface area contributed by atoms with Crippen LogP contribution in [0.15, 0.2) is 54.6 Å². The predicted octanol–water partition coefficient (Wildman–Crippen LogP) is 3.96. The van der Waals surface area contributed by atoms with E-state index in [2.05, 4.69) is 16.7 Å². The number of hydrogen-bond donors (Lipinski definition) is 0. The van der Waals surface area contributed by atoms with E-state index in [0.717, 1.165) is 17.0 Å². The summed E-state index contributed by atoms with van der Waals surface area (Å²) in [7, 11) is 0. The summed E-state index contributed by atoms with van der Waals surface area (Å²) in [5.41, 5.74) is 3.89. The van der Waals surface area contributed by atoms with E-state index in [9.17, 15) is 9.59 Å². The van der Waals surface area contributed by atoms with Crippen molar-refractivity contribution in [2.24, 2.45) is 0 Å². The number of fused-ring (bicyclic) bond motifs is 1. The van der Waals surface area contributed by atoms with E-state index >= 15 is 0 Å². The Kier molecular flexibility index (Phi) is 5.57. The monoisotopic (exact) mass is 405 g/mol. The van der Waals surface area contributed by atoms with Gasteiger partial charge in [0.25, 0.3) is 0 Å². The second-order valence-electron chi connectivity index (χ2n) is 7.21. The number of aromatic nitrogens is 1. The zero-order chi connectivity index (χ0) is 21.1. The minimum Gasteiger partial charge on any atom is -0.486 e. The lowest BCUT2D eigenvalue weighted by atomic mass is 10.1. The number of aryl methyl sites for hydroxylation is 1. The summed E-state index contributed by atoms with van der Waals surface area (Å²) in [6, 6.07) is 16.8. The molecule has 30 heavy (non-hydrogen) atoms. The Morgan fingerprint density at radius 2 is 1.70 bits per heavy atom. The van der Waals surface area contributed by atoms with Crippen LogP contribution in [0.3, 0.4) is 0 Å². The second kappa shape index (κ2) is 8.45. The molecule has 6 heteroatoms. The molecule has 2 heterocycles. The first-order valence-corrected chi connectivity index (χ1v) is 9.83. The topological polar surface area (TPSA) is 66.8 Å². The summed E-state index contributed by atoms with van der Waals surface area (Å²) in [5.74, 6) is 0.304. The number of hydrogen-bond acceptors (Lipinski definition) is 5. The first kappa shape index (κ1) is 19.8. The van der Waals surface area contributed by atoms with E-state index in [-0.39, 0.29) is 12.4 Å². The van der Waals surface area contributed by atoms with Gasteiger partial charge in [-0.05, 0) is 43.7 Å². The van der Waals surface area contributed by atoms with Gasteiger partial charge >= 0.3 is 5.97 Å². The van der Waals surface area contributed by atoms with Crippen LogP contribution in [0.1, 0.15) is 37.7 Å². The quantitative estimate of drug-likeness (QED) is 0.459. The average molecular weight is 405 g/mol. The number of ether oxygens (including phenoxy) is 3. The normalized spacial score (nSPS) is 12.5. The molecule has 4 rings (SSSR count). The van der Waals surface area contributed by atoms with Crippen molar-refractivity contribution in [1.82, 2.24) is 4.57 Å². The Morgan fingerprint density at radius 3 is 2.47 bits per heavy atom. The van der Waals surface area contributed by atoms with Gasteiger partial charge in [-0.2, -0.15) is 0 Å². The molecule has 0 fully saturated rings. The molecule has 0 saturated carbocycles. The number of benzene rings is 2. The highest BCUT2D eigenvalue weighted by Crippen LogP contribution is 2.31. The molecule has 1 aliphatic heterocycles. The third kappa shape index (κ3) is 4.08. The summed E-state index contributed by atoms with van der Waals surface area (Å²) >= 11 is 0. The van der Waals surface area contributed by atoms with E-state index < -0.39 is 5.97 Å². The molecule has 6 nitrogen and oxygen atoms in total. The van der Waals surface area contributed by atoms with E-state index in [1.165, 1.54) is 0 Å². The van der Waals surface area contributed by atoms with E-state index in [1.807, 2.05) is 38.1 Å². The van der Waals surface area contributed by atoms with E-state index in [1.54, 1.807) is 18.2 Å². The maximum Gasteiger partial charge on any atom is 0.338 e. The molecule has 0 amide bonds. The number of nitrogens with zero attached hydrogens (tertiary/aromatic N) is 1. The average Bonchev–Trinajstić information content (AvgIpc) is 3.06. The highest BCUT2D eigenvalue weighted by molar-refractivity contribution is 6.00. The third-order valence-electron chi connectivity index (χ3n) is 5.17. The maximum atomic E-state index is 12.7. The fourth-order valence-electron chi connectivity index (χ4n) is 3.56. The molecule has 1 aliphatic rings. The molecule has 0 aliphatic carbocycles. The predicted molar refractivity (Wildman–Crippen MR) is 111 cm³/mol. The highest BCUT2D eigenvalue weighted by atomic mass is 16.6. The third-order valence-corrected chi connectivity index (χ3v) is 5.17. The first-order chi connectivity index (χ1) is 14.5. The van der Waals surface area contributed by atoms with Crippen LogP contribution < -0.4 is 9.47 Å². The SMILES string of the molecule is Cc1cc(C(=O)COC(=O)c2ccc3c(c2)OCCO3)c(C)n1Cc1ccccc1. The lowest BCUT2D eigenvalue weighted by molar-refractivity contribution is 0.0473. The molecule has 0 atom stereocenters. The molecule has 0 spiro atoms. The maximum absolute atomic E-state index is 12.7. The molecule has 1 aromatic heterocycles. The van der Waals surface area contributed by atoms with Crippen molar-refractivity contribution in [2.45, 2.75) is 20.4 Å². The molecule has 0 radical (unpaired) electrons. The van der Waals surface area contributed by atoms with Gasteiger partial charge in [0.05, 0.1) is 5.56 Å². The van der Waals surface area contributed by atoms with Crippen LogP contribution in [0.4, 0.5) is 0 Å². The van der Waals surface area contributed by atoms with Gasteiger partial charge in [0.2, 0.25) is 5.78 Å². The smallest absolute Gasteiger partial charge is 0.338 e. The van der Waals surface area contributed by atoms with Crippen LogP contribution in [0.5, 0.6) is 11.5 Å². The Labute approximate surface area is 175 Å². The Hall–Kier alpha value is -3.54. The van der Waals surface area contributed by atoms with Crippen molar-refractivity contribution in [3.8, 4) is 11.5 Å². The molecule has 154 valence electrons. The van der Waals surface area contributed by atoms with Gasteiger partial charge < -0.3 is 18.8 Å². The van der Waals surface area contributed by atoms with Crippen LogP contribution in [0, 0.1) is 13.8 Å². The minimum absolute atomic E-state index is 0.228. The summed E-state index contributed by atoms with van der Waals surface area (Å²) in [5, 5.41) is 0. The fourth-order valence-corrected chi connectivity index (χ4v) is 3.56. The van der Waals surface area contributed by atoms with Crippen molar-refractivity contribution >= 4 is 11.8 Å². The summed E-state index contributed by atoms with van der Waals surface area (Å²) in [6.45, 7) is 5.15. The van der Waals surface area contributed by atoms with Crippen LogP contribution in [-0.4, -0.2) is 36.1 Å². The van der Waals surface area contributed by atoms with Gasteiger partial charge in [0.15, 0.2) is 18.1 Å². The van der Waals surface area contributed by atoms with Crippen LogP contribution in [-0.2, 0) is 11.3 Å². The highest BCUT2D eigenvalue weighted by Gasteiger charge is 2.20. The summed E-state index contributed by atoms with van der Waals surface area (Å²) in [4.78, 5) is 25.1.